The highest BCUT2D eigenvalue weighted by molar-refractivity contribution is 6.03. The van der Waals surface area contributed by atoms with E-state index >= 15 is 0 Å². The minimum atomic E-state index is -1.14. The monoisotopic (exact) mass is 591 g/mol. The number of para-hydroxylation sites is 1. The van der Waals surface area contributed by atoms with E-state index in [1.807, 2.05) is 56.0 Å². The van der Waals surface area contributed by atoms with Crippen LogP contribution in [0, 0.1) is 17.8 Å². The van der Waals surface area contributed by atoms with Crippen molar-refractivity contribution in [1.82, 2.24) is 9.80 Å². The minimum Gasteiger partial charge on any atom is -0.394 e. The Morgan fingerprint density at radius 2 is 1.74 bits per heavy atom. The second kappa shape index (κ2) is 12.6. The first-order valence-corrected chi connectivity index (χ1v) is 16.2. The number of aliphatic hydroxyl groups is 1. The lowest BCUT2D eigenvalue weighted by Crippen LogP contribution is -2.60. The average Bonchev–Trinajstić information content (AvgIpc) is 3.58. The maximum absolute atomic E-state index is 14.9. The number of aliphatic hydroxyl groups excluding tert-OH is 1. The zero-order chi connectivity index (χ0) is 30.9. The summed E-state index contributed by atoms with van der Waals surface area (Å²) in [4.78, 5) is 49.4. The fourth-order valence-corrected chi connectivity index (χ4v) is 8.57. The van der Waals surface area contributed by atoms with Gasteiger partial charge in [-0.2, -0.15) is 0 Å². The molecular weight excluding hydrogens is 542 g/mol. The smallest absolute Gasteiger partial charge is 0.248 e. The molecular formula is C35H49N3O5. The number of nitrogens with zero attached hydrogens (tertiary/aromatic N) is 3. The van der Waals surface area contributed by atoms with E-state index in [1.54, 1.807) is 22.0 Å². The molecule has 6 atom stereocenters. The number of anilines is 1. The van der Waals surface area contributed by atoms with E-state index in [2.05, 4.69) is 13.2 Å². The van der Waals surface area contributed by atoms with E-state index < -0.39 is 35.1 Å². The Hall–Kier alpha value is -2.97. The molecule has 2 unspecified atom stereocenters. The molecule has 0 aromatic heterocycles. The Morgan fingerprint density at radius 3 is 2.35 bits per heavy atom. The van der Waals surface area contributed by atoms with Gasteiger partial charge in [0.25, 0.3) is 0 Å². The van der Waals surface area contributed by atoms with E-state index in [1.165, 1.54) is 0 Å². The zero-order valence-corrected chi connectivity index (χ0v) is 26.1. The molecule has 0 radical (unpaired) electrons. The van der Waals surface area contributed by atoms with Crippen molar-refractivity contribution >= 4 is 23.4 Å². The van der Waals surface area contributed by atoms with Gasteiger partial charge < -0.3 is 24.5 Å². The maximum atomic E-state index is 14.9. The van der Waals surface area contributed by atoms with Gasteiger partial charge in [-0.1, -0.05) is 63.5 Å². The molecule has 1 N–H and O–H groups in total. The Kier molecular flexibility index (Phi) is 9.19. The van der Waals surface area contributed by atoms with Crippen LogP contribution < -0.4 is 4.90 Å². The number of carbonyl (C=O) groups excluding carboxylic acids is 3. The topological polar surface area (TPSA) is 90.4 Å². The minimum absolute atomic E-state index is 0.0668. The van der Waals surface area contributed by atoms with Crippen molar-refractivity contribution < 1.29 is 24.2 Å². The Bertz CT molecular complexity index is 1210. The molecule has 1 spiro atoms. The van der Waals surface area contributed by atoms with Crippen molar-refractivity contribution in [2.45, 2.75) is 101 Å². The molecule has 5 rings (SSSR count). The van der Waals surface area contributed by atoms with Gasteiger partial charge in [0.05, 0.1) is 30.1 Å². The third-order valence-corrected chi connectivity index (χ3v) is 10.3. The van der Waals surface area contributed by atoms with Gasteiger partial charge in [-0.15, -0.1) is 13.2 Å². The van der Waals surface area contributed by atoms with Crippen molar-refractivity contribution in [3.8, 4) is 0 Å². The molecule has 1 aliphatic carbocycles. The average molecular weight is 592 g/mol. The Labute approximate surface area is 256 Å². The summed E-state index contributed by atoms with van der Waals surface area (Å²) >= 11 is 0. The lowest BCUT2D eigenvalue weighted by Gasteiger charge is -2.42. The predicted octanol–water partition coefficient (Wildman–Crippen LogP) is 4.72. The van der Waals surface area contributed by atoms with E-state index in [4.69, 9.17) is 4.74 Å². The van der Waals surface area contributed by atoms with Crippen molar-refractivity contribution in [2.75, 3.05) is 24.6 Å². The number of fused-ring (bicyclic) bond motifs is 1. The first-order valence-electron chi connectivity index (χ1n) is 16.2. The fourth-order valence-electron chi connectivity index (χ4n) is 8.57. The fraction of sp³-hybridized carbons (Fsp3) is 0.629. The molecule has 3 aliphatic heterocycles. The normalized spacial score (nSPS) is 30.8. The van der Waals surface area contributed by atoms with Crippen molar-refractivity contribution in [3.05, 3.63) is 55.6 Å². The van der Waals surface area contributed by atoms with E-state index in [0.717, 1.165) is 37.8 Å². The van der Waals surface area contributed by atoms with Crippen LogP contribution in [0.5, 0.6) is 0 Å². The molecule has 8 nitrogen and oxygen atoms in total. The number of ether oxygens (including phenoxy) is 1. The quantitative estimate of drug-likeness (QED) is 0.355. The summed E-state index contributed by atoms with van der Waals surface area (Å²) in [7, 11) is 0. The number of amides is 3. The number of hydrogen-bond donors (Lipinski definition) is 1. The third kappa shape index (κ3) is 5.35. The molecule has 3 amide bonds. The van der Waals surface area contributed by atoms with Crippen LogP contribution in [-0.4, -0.2) is 81.7 Å². The number of hydrogen-bond acceptors (Lipinski definition) is 5. The Morgan fingerprint density at radius 1 is 1.07 bits per heavy atom. The largest absolute Gasteiger partial charge is 0.394 e. The van der Waals surface area contributed by atoms with E-state index in [-0.39, 0.29) is 42.8 Å². The predicted molar refractivity (Wildman–Crippen MR) is 167 cm³/mol. The maximum Gasteiger partial charge on any atom is 0.248 e. The zero-order valence-electron chi connectivity index (χ0n) is 26.1. The van der Waals surface area contributed by atoms with E-state index in [9.17, 15) is 19.5 Å². The summed E-state index contributed by atoms with van der Waals surface area (Å²) in [5.74, 6) is -1.99. The van der Waals surface area contributed by atoms with Crippen molar-refractivity contribution in [2.24, 2.45) is 17.8 Å². The van der Waals surface area contributed by atoms with Gasteiger partial charge >= 0.3 is 0 Å². The highest BCUT2D eigenvalue weighted by atomic mass is 16.5. The Balaban J connectivity index is 1.60. The molecule has 2 bridgehead atoms. The number of likely N-dealkylation sites (tertiary alicyclic amines) is 1. The molecule has 4 aliphatic rings. The van der Waals surface area contributed by atoms with Crippen molar-refractivity contribution in [1.29, 1.82) is 0 Å². The molecule has 3 heterocycles. The second-order valence-corrected chi connectivity index (χ2v) is 13.6. The second-order valence-electron chi connectivity index (χ2n) is 13.6. The van der Waals surface area contributed by atoms with Crippen LogP contribution in [0.4, 0.5) is 5.69 Å². The molecule has 43 heavy (non-hydrogen) atoms. The molecule has 1 saturated carbocycles. The van der Waals surface area contributed by atoms with Gasteiger partial charge in [-0.25, -0.2) is 0 Å². The molecule has 1 aromatic carbocycles. The van der Waals surface area contributed by atoms with Gasteiger partial charge in [-0.05, 0) is 57.1 Å². The first-order chi connectivity index (χ1) is 20.6. The van der Waals surface area contributed by atoms with Gasteiger partial charge in [0.15, 0.2) is 0 Å². The standard InChI is InChI=1S/C35H49N3O5/c1-6-20-36(25-14-10-8-11-15-25)31(40)28-29-32(41)38(27(23-39)22-24(3)4)30(35(29)19-18-34(28,5)43-35)33(42)37(21-7-2)26-16-12-9-13-17-26/h6-8,10-11,14-15,24,26-30,39H,1-2,9,12-13,16-23H2,3-5H3/t27-,28-,29+,30?,34+,35?/m1/s1. The van der Waals surface area contributed by atoms with E-state index in [0.29, 0.717) is 25.8 Å². The van der Waals surface area contributed by atoms with Crippen LogP contribution in [0.15, 0.2) is 55.6 Å². The first kappa shape index (κ1) is 31.5. The summed E-state index contributed by atoms with van der Waals surface area (Å²) < 4.78 is 6.93. The number of carbonyl (C=O) groups is 3. The number of rotatable bonds is 12. The molecule has 8 heteroatoms. The third-order valence-electron chi connectivity index (χ3n) is 10.3. The molecule has 3 saturated heterocycles. The summed E-state index contributed by atoms with van der Waals surface area (Å²) in [6.45, 7) is 14.3. The van der Waals surface area contributed by atoms with Gasteiger partial charge in [0, 0.05) is 24.8 Å². The highest BCUT2D eigenvalue weighted by Crippen LogP contribution is 2.64. The summed E-state index contributed by atoms with van der Waals surface area (Å²) in [5.41, 5.74) is -1.31. The van der Waals surface area contributed by atoms with Crippen LogP contribution in [-0.2, 0) is 19.1 Å². The van der Waals surface area contributed by atoms with Crippen LogP contribution in [0.1, 0.15) is 72.1 Å². The van der Waals surface area contributed by atoms with Gasteiger partial charge in [0.1, 0.15) is 11.6 Å². The molecule has 234 valence electrons. The SMILES string of the molecule is C=CCN(C(=O)[C@H]1[C@H]2C(=O)N([C@@H](CO)CC(C)C)C(C(=O)N(CC=C)C3CCCCC3)C23CC[C@]1(C)O3)c1ccccc1. The highest BCUT2D eigenvalue weighted by Gasteiger charge is 2.79. The van der Waals surface area contributed by atoms with Crippen LogP contribution in [0.25, 0.3) is 0 Å². The summed E-state index contributed by atoms with van der Waals surface area (Å²) in [6.07, 6.45) is 10.2. The molecule has 4 fully saturated rings. The van der Waals surface area contributed by atoms with Crippen LogP contribution >= 0.6 is 0 Å². The lowest BCUT2D eigenvalue weighted by molar-refractivity contribution is -0.157. The van der Waals surface area contributed by atoms with Crippen LogP contribution in [0.2, 0.25) is 0 Å². The van der Waals surface area contributed by atoms with Gasteiger partial charge in [0.2, 0.25) is 17.7 Å². The van der Waals surface area contributed by atoms with Crippen LogP contribution in [0.3, 0.4) is 0 Å². The number of benzene rings is 1. The summed E-state index contributed by atoms with van der Waals surface area (Å²) in [6, 6.07) is 8.03. The van der Waals surface area contributed by atoms with Crippen molar-refractivity contribution in [3.63, 3.8) is 0 Å². The lowest BCUT2D eigenvalue weighted by atomic mass is 9.66. The molecule has 1 aromatic rings. The van der Waals surface area contributed by atoms with Gasteiger partial charge in [-0.3, -0.25) is 14.4 Å². The summed E-state index contributed by atoms with van der Waals surface area (Å²) in [5, 5.41) is 10.6.